The second-order valence-corrected chi connectivity index (χ2v) is 7.33. The predicted molar refractivity (Wildman–Crippen MR) is 133 cm³/mol. The summed E-state index contributed by atoms with van der Waals surface area (Å²) in [6.45, 7) is 12.5. The lowest BCUT2D eigenvalue weighted by Gasteiger charge is -2.16. The van der Waals surface area contributed by atoms with Crippen LogP contribution in [0.15, 0.2) is 35.6 Å². The zero-order valence-corrected chi connectivity index (χ0v) is 21.1. The normalized spacial score (nSPS) is 11.3. The maximum absolute atomic E-state index is 5.92. The summed E-state index contributed by atoms with van der Waals surface area (Å²) in [6, 6.07) is 6.23. The topological polar surface area (TPSA) is 72.7 Å². The van der Waals surface area contributed by atoms with E-state index in [0.29, 0.717) is 38.8 Å². The van der Waals surface area contributed by atoms with Crippen molar-refractivity contribution in [2.24, 2.45) is 10.9 Å². The van der Waals surface area contributed by atoms with Gasteiger partial charge in [-0.3, -0.25) is 4.99 Å². The van der Waals surface area contributed by atoms with Gasteiger partial charge in [0.2, 0.25) is 0 Å². The number of guanidine groups is 1. The Balaban J connectivity index is 0.00000450. The van der Waals surface area contributed by atoms with Gasteiger partial charge in [-0.2, -0.15) is 0 Å². The van der Waals surface area contributed by atoms with Crippen molar-refractivity contribution in [3.63, 3.8) is 0 Å². The van der Waals surface area contributed by atoms with Crippen LogP contribution in [0.2, 0.25) is 0 Å². The van der Waals surface area contributed by atoms with E-state index in [9.17, 15) is 0 Å². The van der Waals surface area contributed by atoms with Crippen LogP contribution in [-0.4, -0.2) is 42.4 Å². The van der Waals surface area contributed by atoms with Gasteiger partial charge in [0.25, 0.3) is 0 Å². The molecule has 0 saturated carbocycles. The highest BCUT2D eigenvalue weighted by Crippen LogP contribution is 2.20. The summed E-state index contributed by atoms with van der Waals surface area (Å²) in [4.78, 5) is 8.78. The lowest BCUT2D eigenvalue weighted by molar-refractivity contribution is 0.110. The van der Waals surface area contributed by atoms with Crippen molar-refractivity contribution in [1.82, 2.24) is 20.2 Å². The van der Waals surface area contributed by atoms with Crippen molar-refractivity contribution in [1.29, 1.82) is 0 Å². The lowest BCUT2D eigenvalue weighted by atomic mass is 10.1. The Bertz CT molecular complexity index is 777. The van der Waals surface area contributed by atoms with Crippen molar-refractivity contribution >= 4 is 29.9 Å². The van der Waals surface area contributed by atoms with Crippen LogP contribution in [0.3, 0.4) is 0 Å². The van der Waals surface area contributed by atoms with Crippen LogP contribution in [-0.2, 0) is 24.4 Å². The van der Waals surface area contributed by atoms with Crippen LogP contribution in [0.5, 0.6) is 5.75 Å². The van der Waals surface area contributed by atoms with Crippen molar-refractivity contribution < 1.29 is 9.47 Å². The third kappa shape index (κ3) is 8.91. The average molecular weight is 529 g/mol. The number of halogens is 1. The summed E-state index contributed by atoms with van der Waals surface area (Å²) in [6.07, 6.45) is 3.86. The van der Waals surface area contributed by atoms with Gasteiger partial charge in [-0.05, 0) is 31.4 Å². The SMILES string of the molecule is CCOCCOc1cc(C)ccc1CNC(=NC)NCc1nccn1CC(C)C.I. The van der Waals surface area contributed by atoms with E-state index in [4.69, 9.17) is 9.47 Å². The second-order valence-electron chi connectivity index (χ2n) is 7.33. The third-order valence-corrected chi connectivity index (χ3v) is 4.36. The molecule has 7 nitrogen and oxygen atoms in total. The van der Waals surface area contributed by atoms with Gasteiger partial charge in [0.05, 0.1) is 13.2 Å². The number of rotatable bonds is 11. The Morgan fingerprint density at radius 1 is 1.20 bits per heavy atom. The Labute approximate surface area is 197 Å². The maximum atomic E-state index is 5.92. The zero-order valence-electron chi connectivity index (χ0n) is 18.8. The van der Waals surface area contributed by atoms with Crippen molar-refractivity contribution in [2.45, 2.75) is 47.3 Å². The van der Waals surface area contributed by atoms with Gasteiger partial charge in [0.15, 0.2) is 5.96 Å². The van der Waals surface area contributed by atoms with Crippen molar-refractivity contribution in [2.75, 3.05) is 26.9 Å². The summed E-state index contributed by atoms with van der Waals surface area (Å²) in [5.41, 5.74) is 2.25. The van der Waals surface area contributed by atoms with Crippen LogP contribution >= 0.6 is 24.0 Å². The highest BCUT2D eigenvalue weighted by Gasteiger charge is 2.08. The van der Waals surface area contributed by atoms with Gasteiger partial charge >= 0.3 is 0 Å². The molecule has 2 rings (SSSR count). The number of aromatic nitrogens is 2. The van der Waals surface area contributed by atoms with Gasteiger partial charge in [-0.15, -0.1) is 24.0 Å². The Morgan fingerprint density at radius 3 is 2.67 bits per heavy atom. The molecule has 168 valence electrons. The molecule has 2 N–H and O–H groups in total. The number of aryl methyl sites for hydroxylation is 1. The standard InChI is InChI=1S/C22H35N5O2.HI/c1-6-28-11-12-29-20-13-18(4)7-8-19(20)14-25-22(23-5)26-15-21-24-9-10-27(21)16-17(2)3;/h7-10,13,17H,6,11-12,14-16H2,1-5H3,(H2,23,25,26);1H. The number of nitrogens with zero attached hydrogens (tertiary/aromatic N) is 3. The molecule has 0 fully saturated rings. The smallest absolute Gasteiger partial charge is 0.191 e. The zero-order chi connectivity index (χ0) is 21.1. The quantitative estimate of drug-likeness (QED) is 0.201. The molecule has 0 saturated heterocycles. The molecule has 1 heterocycles. The molecule has 0 aliphatic rings. The summed E-state index contributed by atoms with van der Waals surface area (Å²) in [5.74, 6) is 3.17. The molecule has 0 aliphatic heterocycles. The summed E-state index contributed by atoms with van der Waals surface area (Å²) >= 11 is 0. The highest BCUT2D eigenvalue weighted by molar-refractivity contribution is 14.0. The minimum Gasteiger partial charge on any atom is -0.491 e. The molecule has 0 radical (unpaired) electrons. The number of nitrogens with one attached hydrogen (secondary N) is 2. The Kier molecular flexibility index (Phi) is 12.4. The maximum Gasteiger partial charge on any atom is 0.191 e. The van der Waals surface area contributed by atoms with Crippen LogP contribution in [0.25, 0.3) is 0 Å². The Morgan fingerprint density at radius 2 is 1.97 bits per heavy atom. The van der Waals surface area contributed by atoms with E-state index in [-0.39, 0.29) is 24.0 Å². The summed E-state index contributed by atoms with van der Waals surface area (Å²) in [7, 11) is 1.77. The number of hydrogen-bond acceptors (Lipinski definition) is 4. The molecule has 1 aromatic carbocycles. The van der Waals surface area contributed by atoms with E-state index >= 15 is 0 Å². The minimum atomic E-state index is 0. The van der Waals surface area contributed by atoms with E-state index in [1.807, 2.05) is 19.3 Å². The molecule has 2 aromatic rings. The first-order chi connectivity index (χ1) is 14.0. The fourth-order valence-corrected chi connectivity index (χ4v) is 2.93. The third-order valence-electron chi connectivity index (χ3n) is 4.36. The molecule has 0 amide bonds. The fraction of sp³-hybridized carbons (Fsp3) is 0.545. The number of imidazole rings is 1. The molecule has 0 spiro atoms. The summed E-state index contributed by atoms with van der Waals surface area (Å²) < 4.78 is 13.5. The molecule has 0 atom stereocenters. The van der Waals surface area contributed by atoms with Crippen LogP contribution in [0.4, 0.5) is 0 Å². The van der Waals surface area contributed by atoms with Gasteiger partial charge < -0.3 is 24.7 Å². The fourth-order valence-electron chi connectivity index (χ4n) is 2.93. The molecule has 0 bridgehead atoms. The molecule has 0 aliphatic carbocycles. The first-order valence-electron chi connectivity index (χ1n) is 10.3. The Hall–Kier alpha value is -1.81. The van der Waals surface area contributed by atoms with Gasteiger partial charge in [-0.1, -0.05) is 26.0 Å². The largest absolute Gasteiger partial charge is 0.491 e. The van der Waals surface area contributed by atoms with Crippen molar-refractivity contribution in [3.05, 3.63) is 47.5 Å². The van der Waals surface area contributed by atoms with Crippen LogP contribution < -0.4 is 15.4 Å². The molecular weight excluding hydrogens is 493 g/mol. The molecule has 30 heavy (non-hydrogen) atoms. The number of benzene rings is 1. The van der Waals surface area contributed by atoms with E-state index in [1.54, 1.807) is 7.05 Å². The van der Waals surface area contributed by atoms with E-state index in [0.717, 1.165) is 29.6 Å². The summed E-state index contributed by atoms with van der Waals surface area (Å²) in [5, 5.41) is 6.70. The number of ether oxygens (including phenoxy) is 2. The predicted octanol–water partition coefficient (Wildman–Crippen LogP) is 3.75. The number of aliphatic imine (C=N–C) groups is 1. The van der Waals surface area contributed by atoms with Crippen LogP contribution in [0, 0.1) is 12.8 Å². The van der Waals surface area contributed by atoms with E-state index in [2.05, 4.69) is 64.1 Å². The van der Waals surface area contributed by atoms with Gasteiger partial charge in [-0.25, -0.2) is 4.98 Å². The number of hydrogen-bond donors (Lipinski definition) is 2. The van der Waals surface area contributed by atoms with E-state index < -0.39 is 0 Å². The van der Waals surface area contributed by atoms with E-state index in [1.165, 1.54) is 5.56 Å². The van der Waals surface area contributed by atoms with Gasteiger partial charge in [0.1, 0.15) is 18.2 Å². The lowest BCUT2D eigenvalue weighted by Crippen LogP contribution is -2.37. The average Bonchev–Trinajstić information content (AvgIpc) is 3.13. The molecule has 8 heteroatoms. The molecular formula is C22H36IN5O2. The van der Waals surface area contributed by atoms with Crippen LogP contribution in [0.1, 0.15) is 37.7 Å². The molecule has 0 unspecified atom stereocenters. The monoisotopic (exact) mass is 529 g/mol. The first kappa shape index (κ1) is 26.2. The van der Waals surface area contributed by atoms with Gasteiger partial charge in [0, 0.05) is 44.7 Å². The minimum absolute atomic E-state index is 0. The second kappa shape index (κ2) is 14.2. The van der Waals surface area contributed by atoms with Crippen molar-refractivity contribution in [3.8, 4) is 5.75 Å². The highest BCUT2D eigenvalue weighted by atomic mass is 127. The first-order valence-corrected chi connectivity index (χ1v) is 10.3. The molecule has 1 aromatic heterocycles.